The lowest BCUT2D eigenvalue weighted by molar-refractivity contribution is 0.160. The first kappa shape index (κ1) is 12.9. The van der Waals surface area contributed by atoms with Crippen molar-refractivity contribution in [1.29, 1.82) is 0 Å². The maximum absolute atomic E-state index is 3.46. The normalized spacial score (nSPS) is 22.9. The predicted octanol–water partition coefficient (Wildman–Crippen LogP) is 3.04. The van der Waals surface area contributed by atoms with Gasteiger partial charge >= 0.3 is 0 Å². The minimum atomic E-state index is 0.648. The topological polar surface area (TPSA) is 15.3 Å². The molecule has 0 amide bonds. The van der Waals surface area contributed by atoms with Gasteiger partial charge in [0.2, 0.25) is 0 Å². The summed E-state index contributed by atoms with van der Waals surface area (Å²) < 4.78 is 1.36. The second-order valence-electron chi connectivity index (χ2n) is 5.54. The van der Waals surface area contributed by atoms with Gasteiger partial charge in [-0.2, -0.15) is 0 Å². The largest absolute Gasteiger partial charge is 0.314 e. The van der Waals surface area contributed by atoms with E-state index in [1.54, 1.807) is 0 Å². The molecule has 1 aromatic rings. The van der Waals surface area contributed by atoms with Crippen LogP contribution in [0.5, 0.6) is 0 Å². The van der Waals surface area contributed by atoms with E-state index in [9.17, 15) is 0 Å². The summed E-state index contributed by atoms with van der Waals surface area (Å²) in [6.45, 7) is 4.68. The molecule has 0 aromatic heterocycles. The second kappa shape index (κ2) is 5.88. The molecule has 0 bridgehead atoms. The molecule has 2 fully saturated rings. The maximum Gasteiger partial charge on any atom is 0.0352 e. The van der Waals surface area contributed by atoms with Gasteiger partial charge in [0.1, 0.15) is 0 Å². The molecule has 18 heavy (non-hydrogen) atoms. The first-order chi connectivity index (χ1) is 8.83. The van der Waals surface area contributed by atoms with Gasteiger partial charge in [0.25, 0.3) is 0 Å². The van der Waals surface area contributed by atoms with E-state index in [2.05, 4.69) is 57.1 Å². The van der Waals surface area contributed by atoms with Crippen molar-refractivity contribution >= 4 is 22.6 Å². The van der Waals surface area contributed by atoms with E-state index in [0.717, 1.165) is 19.0 Å². The molecule has 98 valence electrons. The lowest BCUT2D eigenvalue weighted by Crippen LogP contribution is -2.45. The van der Waals surface area contributed by atoms with Crippen LogP contribution in [0.2, 0.25) is 0 Å². The maximum atomic E-state index is 3.46. The SMILES string of the molecule is Ic1cccc([C@@H](CC2CC2)N2CCNCC2)c1. The van der Waals surface area contributed by atoms with Crippen LogP contribution in [0.3, 0.4) is 0 Å². The molecule has 1 atom stereocenters. The molecule has 2 aliphatic rings. The van der Waals surface area contributed by atoms with Gasteiger partial charge in [-0.25, -0.2) is 0 Å². The molecule has 1 saturated carbocycles. The molecule has 3 rings (SSSR count). The smallest absolute Gasteiger partial charge is 0.0352 e. The van der Waals surface area contributed by atoms with Crippen molar-refractivity contribution < 1.29 is 0 Å². The second-order valence-corrected chi connectivity index (χ2v) is 6.78. The van der Waals surface area contributed by atoms with Gasteiger partial charge < -0.3 is 5.32 Å². The first-order valence-electron chi connectivity index (χ1n) is 7.03. The monoisotopic (exact) mass is 356 g/mol. The van der Waals surface area contributed by atoms with Gasteiger partial charge in [0, 0.05) is 35.8 Å². The van der Waals surface area contributed by atoms with Crippen molar-refractivity contribution in [3.63, 3.8) is 0 Å². The summed E-state index contributed by atoms with van der Waals surface area (Å²) >= 11 is 2.43. The Morgan fingerprint density at radius 2 is 2.06 bits per heavy atom. The van der Waals surface area contributed by atoms with Gasteiger partial charge in [-0.15, -0.1) is 0 Å². The predicted molar refractivity (Wildman–Crippen MR) is 83.7 cm³/mol. The Morgan fingerprint density at radius 3 is 2.72 bits per heavy atom. The zero-order chi connectivity index (χ0) is 12.4. The average molecular weight is 356 g/mol. The van der Waals surface area contributed by atoms with Crippen molar-refractivity contribution in [1.82, 2.24) is 10.2 Å². The van der Waals surface area contributed by atoms with Crippen molar-refractivity contribution in [2.45, 2.75) is 25.3 Å². The van der Waals surface area contributed by atoms with E-state index in [-0.39, 0.29) is 0 Å². The van der Waals surface area contributed by atoms with E-state index in [1.807, 2.05) is 0 Å². The summed E-state index contributed by atoms with van der Waals surface area (Å²) in [4.78, 5) is 2.68. The van der Waals surface area contributed by atoms with Crippen molar-refractivity contribution in [2.24, 2.45) is 5.92 Å². The fourth-order valence-corrected chi connectivity index (χ4v) is 3.44. The molecule has 3 heteroatoms. The Bertz CT molecular complexity index is 397. The third kappa shape index (κ3) is 3.25. The lowest BCUT2D eigenvalue weighted by Gasteiger charge is -2.35. The number of hydrogen-bond donors (Lipinski definition) is 1. The van der Waals surface area contributed by atoms with E-state index in [1.165, 1.54) is 41.5 Å². The van der Waals surface area contributed by atoms with Crippen LogP contribution in [0.4, 0.5) is 0 Å². The lowest BCUT2D eigenvalue weighted by atomic mass is 9.99. The van der Waals surface area contributed by atoms with Crippen LogP contribution >= 0.6 is 22.6 Å². The minimum absolute atomic E-state index is 0.648. The molecule has 2 nitrogen and oxygen atoms in total. The highest BCUT2D eigenvalue weighted by Crippen LogP contribution is 2.40. The Balaban J connectivity index is 1.78. The highest BCUT2D eigenvalue weighted by molar-refractivity contribution is 14.1. The number of nitrogens with zero attached hydrogens (tertiary/aromatic N) is 1. The molecule has 1 aromatic carbocycles. The van der Waals surface area contributed by atoms with Crippen molar-refractivity contribution in [2.75, 3.05) is 26.2 Å². The van der Waals surface area contributed by atoms with Crippen LogP contribution in [-0.2, 0) is 0 Å². The van der Waals surface area contributed by atoms with E-state index in [0.29, 0.717) is 6.04 Å². The molecule has 0 spiro atoms. The molecule has 1 heterocycles. The third-order valence-electron chi connectivity index (χ3n) is 4.08. The van der Waals surface area contributed by atoms with Gasteiger partial charge in [-0.05, 0) is 52.6 Å². The fourth-order valence-electron chi connectivity index (χ4n) is 2.87. The highest BCUT2D eigenvalue weighted by Gasteiger charge is 2.30. The number of rotatable bonds is 4. The number of halogens is 1. The molecule has 1 N–H and O–H groups in total. The summed E-state index contributed by atoms with van der Waals surface area (Å²) in [6.07, 6.45) is 4.26. The number of benzene rings is 1. The quantitative estimate of drug-likeness (QED) is 0.835. The van der Waals surface area contributed by atoms with Crippen LogP contribution < -0.4 is 5.32 Å². The molecular formula is C15H21IN2. The van der Waals surface area contributed by atoms with Crippen LogP contribution in [0.1, 0.15) is 30.9 Å². The molecule has 0 radical (unpaired) electrons. The zero-order valence-electron chi connectivity index (χ0n) is 10.7. The van der Waals surface area contributed by atoms with Gasteiger partial charge in [0.05, 0.1) is 0 Å². The Hall–Kier alpha value is -0.130. The molecular weight excluding hydrogens is 335 g/mol. The number of hydrogen-bond acceptors (Lipinski definition) is 2. The molecule has 1 aliphatic carbocycles. The minimum Gasteiger partial charge on any atom is -0.314 e. The average Bonchev–Trinajstić information content (AvgIpc) is 3.21. The molecule has 0 unspecified atom stereocenters. The Labute approximate surface area is 123 Å². The third-order valence-corrected chi connectivity index (χ3v) is 4.75. The van der Waals surface area contributed by atoms with Gasteiger partial charge in [-0.1, -0.05) is 25.0 Å². The standard InChI is InChI=1S/C15H21IN2/c16-14-3-1-2-13(11-14)15(10-12-4-5-12)18-8-6-17-7-9-18/h1-3,11-12,15,17H,4-10H2/t15-/m1/s1. The number of piperazine rings is 1. The van der Waals surface area contributed by atoms with E-state index in [4.69, 9.17) is 0 Å². The van der Waals surface area contributed by atoms with Gasteiger partial charge in [-0.3, -0.25) is 4.90 Å². The summed E-state index contributed by atoms with van der Waals surface area (Å²) in [7, 11) is 0. The van der Waals surface area contributed by atoms with Crippen molar-refractivity contribution in [3.8, 4) is 0 Å². The van der Waals surface area contributed by atoms with Crippen LogP contribution in [-0.4, -0.2) is 31.1 Å². The molecule has 1 aliphatic heterocycles. The zero-order valence-corrected chi connectivity index (χ0v) is 12.9. The first-order valence-corrected chi connectivity index (χ1v) is 8.11. The van der Waals surface area contributed by atoms with Crippen LogP contribution in [0.15, 0.2) is 24.3 Å². The van der Waals surface area contributed by atoms with Gasteiger partial charge in [0.15, 0.2) is 0 Å². The van der Waals surface area contributed by atoms with Crippen LogP contribution in [0.25, 0.3) is 0 Å². The van der Waals surface area contributed by atoms with E-state index >= 15 is 0 Å². The number of nitrogens with one attached hydrogen (secondary N) is 1. The summed E-state index contributed by atoms with van der Waals surface area (Å²) in [5.41, 5.74) is 1.52. The molecule has 1 saturated heterocycles. The summed E-state index contributed by atoms with van der Waals surface area (Å²) in [6, 6.07) is 9.73. The van der Waals surface area contributed by atoms with Crippen LogP contribution in [0, 0.1) is 9.49 Å². The summed E-state index contributed by atoms with van der Waals surface area (Å²) in [5.74, 6) is 0.989. The van der Waals surface area contributed by atoms with E-state index < -0.39 is 0 Å². The highest BCUT2D eigenvalue weighted by atomic mass is 127. The Kier molecular flexibility index (Phi) is 4.21. The summed E-state index contributed by atoms with van der Waals surface area (Å²) in [5, 5.41) is 3.46. The van der Waals surface area contributed by atoms with Crippen molar-refractivity contribution in [3.05, 3.63) is 33.4 Å². The fraction of sp³-hybridized carbons (Fsp3) is 0.600. The Morgan fingerprint density at radius 1 is 1.28 bits per heavy atom.